The van der Waals surface area contributed by atoms with Gasteiger partial charge in [-0.15, -0.1) is 0 Å². The highest BCUT2D eigenvalue weighted by atomic mass is 79.9. The molecule has 0 saturated heterocycles. The maximum absolute atomic E-state index is 13.1. The maximum Gasteiger partial charge on any atom is 0.435 e. The first-order chi connectivity index (χ1) is 8.28. The van der Waals surface area contributed by atoms with Crippen LogP contribution >= 0.6 is 15.9 Å². The molecule has 2 aromatic rings. The number of benzene rings is 1. The molecule has 0 saturated carbocycles. The Balaban J connectivity index is 2.49. The predicted octanol–water partition coefficient (Wildman–Crippen LogP) is 3.72. The average Bonchev–Trinajstić information content (AvgIpc) is 2.54. The van der Waals surface area contributed by atoms with Crippen LogP contribution in [0, 0.1) is 5.82 Å². The second-order valence-corrected chi connectivity index (χ2v) is 5.60. The van der Waals surface area contributed by atoms with Gasteiger partial charge in [-0.2, -0.15) is 9.78 Å². The third-order valence-electron chi connectivity index (χ3n) is 2.16. The minimum atomic E-state index is -0.609. The van der Waals surface area contributed by atoms with Gasteiger partial charge in [-0.05, 0) is 54.9 Å². The molecule has 0 aliphatic heterocycles. The zero-order valence-electron chi connectivity index (χ0n) is 10.2. The lowest BCUT2D eigenvalue weighted by Gasteiger charge is -2.19. The molecule has 1 aromatic heterocycles. The van der Waals surface area contributed by atoms with E-state index in [1.807, 2.05) is 0 Å². The molecule has 0 atom stereocenters. The van der Waals surface area contributed by atoms with Gasteiger partial charge in [-0.1, -0.05) is 0 Å². The molecule has 0 unspecified atom stereocenters. The molecule has 1 aromatic carbocycles. The van der Waals surface area contributed by atoms with Crippen molar-refractivity contribution in [1.29, 1.82) is 0 Å². The molecule has 0 aliphatic carbocycles. The van der Waals surface area contributed by atoms with Gasteiger partial charge in [0.2, 0.25) is 0 Å². The van der Waals surface area contributed by atoms with E-state index in [1.165, 1.54) is 18.2 Å². The normalized spacial score (nSPS) is 11.8. The molecule has 0 aliphatic rings. The fourth-order valence-electron chi connectivity index (χ4n) is 1.50. The summed E-state index contributed by atoms with van der Waals surface area (Å²) in [5.41, 5.74) is -0.112. The van der Waals surface area contributed by atoms with Crippen molar-refractivity contribution in [1.82, 2.24) is 9.78 Å². The zero-order valence-corrected chi connectivity index (χ0v) is 11.8. The Hall–Kier alpha value is -1.43. The molecule has 0 radical (unpaired) electrons. The third-order valence-corrected chi connectivity index (χ3v) is 2.75. The van der Waals surface area contributed by atoms with E-state index in [-0.39, 0.29) is 5.82 Å². The van der Waals surface area contributed by atoms with Gasteiger partial charge < -0.3 is 4.74 Å². The minimum absolute atomic E-state index is 0.382. The van der Waals surface area contributed by atoms with Crippen LogP contribution in [0.25, 0.3) is 10.9 Å². The second kappa shape index (κ2) is 4.35. The van der Waals surface area contributed by atoms with Crippen molar-refractivity contribution in [3.05, 3.63) is 28.6 Å². The standard InChI is InChI=1S/C12H12BrFN2O2/c1-12(2,3)18-11(17)16-9-5-4-7(14)6-8(9)10(13)15-16/h4-6H,1-3H3. The van der Waals surface area contributed by atoms with Crippen molar-refractivity contribution in [3.8, 4) is 0 Å². The van der Waals surface area contributed by atoms with Gasteiger partial charge in [0, 0.05) is 5.39 Å². The number of nitrogens with zero attached hydrogens (tertiary/aromatic N) is 2. The summed E-state index contributed by atoms with van der Waals surface area (Å²) in [4.78, 5) is 11.9. The topological polar surface area (TPSA) is 44.1 Å². The summed E-state index contributed by atoms with van der Waals surface area (Å²) in [6, 6.07) is 4.08. The maximum atomic E-state index is 13.1. The summed E-state index contributed by atoms with van der Waals surface area (Å²) in [5, 5.41) is 4.54. The Morgan fingerprint density at radius 3 is 2.72 bits per heavy atom. The van der Waals surface area contributed by atoms with Crippen LogP contribution in [0.15, 0.2) is 22.8 Å². The Kier molecular flexibility index (Phi) is 3.14. The van der Waals surface area contributed by atoms with Crippen molar-refractivity contribution in [2.75, 3.05) is 0 Å². The Labute approximate surface area is 112 Å². The largest absolute Gasteiger partial charge is 0.442 e. The van der Waals surface area contributed by atoms with E-state index in [9.17, 15) is 9.18 Å². The van der Waals surface area contributed by atoms with Gasteiger partial charge in [0.25, 0.3) is 0 Å². The van der Waals surface area contributed by atoms with Crippen LogP contribution in [0.4, 0.5) is 9.18 Å². The lowest BCUT2D eigenvalue weighted by molar-refractivity contribution is 0.0522. The molecule has 6 heteroatoms. The Morgan fingerprint density at radius 1 is 1.44 bits per heavy atom. The molecule has 18 heavy (non-hydrogen) atoms. The van der Waals surface area contributed by atoms with Crippen molar-refractivity contribution < 1.29 is 13.9 Å². The number of carbonyl (C=O) groups is 1. The Morgan fingerprint density at radius 2 is 2.11 bits per heavy atom. The highest BCUT2D eigenvalue weighted by Crippen LogP contribution is 2.24. The summed E-state index contributed by atoms with van der Waals surface area (Å²) in [7, 11) is 0. The summed E-state index contributed by atoms with van der Waals surface area (Å²) in [5.74, 6) is -0.382. The van der Waals surface area contributed by atoms with Crippen molar-refractivity contribution in [2.45, 2.75) is 26.4 Å². The smallest absolute Gasteiger partial charge is 0.435 e. The van der Waals surface area contributed by atoms with Crippen LogP contribution in [0.1, 0.15) is 20.8 Å². The quantitative estimate of drug-likeness (QED) is 0.744. The first-order valence-corrected chi connectivity index (χ1v) is 6.14. The third kappa shape index (κ3) is 2.53. The van der Waals surface area contributed by atoms with E-state index in [0.717, 1.165) is 4.68 Å². The fraction of sp³-hybridized carbons (Fsp3) is 0.333. The molecular formula is C12H12BrFN2O2. The van der Waals surface area contributed by atoms with E-state index >= 15 is 0 Å². The summed E-state index contributed by atoms with van der Waals surface area (Å²) in [6.07, 6.45) is -0.593. The molecule has 4 nitrogen and oxygen atoms in total. The first-order valence-electron chi connectivity index (χ1n) is 5.35. The molecule has 0 spiro atoms. The number of aromatic nitrogens is 2. The van der Waals surface area contributed by atoms with Crippen LogP contribution in [0.2, 0.25) is 0 Å². The van der Waals surface area contributed by atoms with E-state index in [4.69, 9.17) is 4.74 Å². The molecule has 2 rings (SSSR count). The van der Waals surface area contributed by atoms with Gasteiger partial charge in [0.15, 0.2) is 0 Å². The fourth-order valence-corrected chi connectivity index (χ4v) is 1.97. The van der Waals surface area contributed by atoms with Gasteiger partial charge in [0.1, 0.15) is 16.0 Å². The van der Waals surface area contributed by atoms with Crippen LogP contribution in [-0.2, 0) is 4.74 Å². The van der Waals surface area contributed by atoms with Gasteiger partial charge in [-0.3, -0.25) is 0 Å². The number of halogens is 2. The number of hydrogen-bond acceptors (Lipinski definition) is 3. The lowest BCUT2D eigenvalue weighted by atomic mass is 10.2. The Bertz CT molecular complexity index is 616. The van der Waals surface area contributed by atoms with Crippen LogP contribution in [0.3, 0.4) is 0 Å². The molecule has 1 heterocycles. The summed E-state index contributed by atoms with van der Waals surface area (Å²) in [6.45, 7) is 5.31. The molecule has 0 amide bonds. The highest BCUT2D eigenvalue weighted by molar-refractivity contribution is 9.10. The monoisotopic (exact) mass is 314 g/mol. The number of rotatable bonds is 0. The average molecular weight is 315 g/mol. The van der Waals surface area contributed by atoms with Crippen molar-refractivity contribution in [2.24, 2.45) is 0 Å². The molecule has 0 bridgehead atoms. The van der Waals surface area contributed by atoms with Gasteiger partial charge >= 0.3 is 6.09 Å². The van der Waals surface area contributed by atoms with Gasteiger partial charge in [-0.25, -0.2) is 9.18 Å². The van der Waals surface area contributed by atoms with Crippen LogP contribution < -0.4 is 0 Å². The number of ether oxygens (including phenoxy) is 1. The van der Waals surface area contributed by atoms with Gasteiger partial charge in [0.05, 0.1) is 5.52 Å². The SMILES string of the molecule is CC(C)(C)OC(=O)n1nc(Br)c2cc(F)ccc21. The predicted molar refractivity (Wildman–Crippen MR) is 69.0 cm³/mol. The van der Waals surface area contributed by atoms with Crippen LogP contribution in [0.5, 0.6) is 0 Å². The molecule has 0 N–H and O–H groups in total. The minimum Gasteiger partial charge on any atom is -0.442 e. The summed E-state index contributed by atoms with van der Waals surface area (Å²) < 4.78 is 19.9. The highest BCUT2D eigenvalue weighted by Gasteiger charge is 2.21. The van der Waals surface area contributed by atoms with E-state index in [1.54, 1.807) is 20.8 Å². The summed E-state index contributed by atoms with van der Waals surface area (Å²) >= 11 is 3.19. The molecule has 0 fully saturated rings. The van der Waals surface area contributed by atoms with Crippen LogP contribution in [-0.4, -0.2) is 21.5 Å². The zero-order chi connectivity index (χ0) is 13.5. The van der Waals surface area contributed by atoms with E-state index in [2.05, 4.69) is 21.0 Å². The number of fused-ring (bicyclic) bond motifs is 1. The van der Waals surface area contributed by atoms with E-state index in [0.29, 0.717) is 15.5 Å². The first kappa shape index (κ1) is 13.0. The lowest BCUT2D eigenvalue weighted by Crippen LogP contribution is -2.27. The second-order valence-electron chi connectivity index (χ2n) is 4.84. The van der Waals surface area contributed by atoms with Crippen molar-refractivity contribution >= 4 is 32.9 Å². The molecule has 96 valence electrons. The number of hydrogen-bond donors (Lipinski definition) is 0. The molecular weight excluding hydrogens is 303 g/mol. The number of carbonyl (C=O) groups excluding carboxylic acids is 1. The van der Waals surface area contributed by atoms with Crippen molar-refractivity contribution in [3.63, 3.8) is 0 Å². The van der Waals surface area contributed by atoms with E-state index < -0.39 is 11.7 Å².